The van der Waals surface area contributed by atoms with Crippen LogP contribution in [-0.2, 0) is 9.84 Å². The highest BCUT2D eigenvalue weighted by Gasteiger charge is 2.15. The van der Waals surface area contributed by atoms with Crippen molar-refractivity contribution in [2.24, 2.45) is 0 Å². The van der Waals surface area contributed by atoms with E-state index in [1.165, 1.54) is 0 Å². The maximum absolute atomic E-state index is 11.3. The molecule has 0 spiro atoms. The van der Waals surface area contributed by atoms with E-state index in [2.05, 4.69) is 13.8 Å². The Hall–Kier alpha value is 0.300. The van der Waals surface area contributed by atoms with E-state index in [0.29, 0.717) is 11.0 Å². The number of thioether (sulfide) groups is 1. The van der Waals surface area contributed by atoms with E-state index in [-0.39, 0.29) is 5.25 Å². The molecule has 0 radical (unpaired) electrons. The Kier molecular flexibility index (Phi) is 5.25. The van der Waals surface area contributed by atoms with Crippen LogP contribution in [0.15, 0.2) is 0 Å². The minimum atomic E-state index is -2.81. The molecule has 0 rings (SSSR count). The molecule has 0 bridgehead atoms. The van der Waals surface area contributed by atoms with Crippen molar-refractivity contribution in [3.8, 4) is 0 Å². The summed E-state index contributed by atoms with van der Waals surface area (Å²) in [5.74, 6) is 1.03. The third kappa shape index (κ3) is 5.04. The summed E-state index contributed by atoms with van der Waals surface area (Å²) in [6, 6.07) is 0. The fraction of sp³-hybridized carbons (Fsp3) is 1.00. The fourth-order valence-electron chi connectivity index (χ4n) is 0.636. The minimum absolute atomic E-state index is 0.231. The lowest BCUT2D eigenvalue weighted by Gasteiger charge is -2.08. The molecule has 0 amide bonds. The van der Waals surface area contributed by atoms with Gasteiger partial charge >= 0.3 is 0 Å². The predicted molar refractivity (Wildman–Crippen MR) is 56.5 cm³/mol. The highest BCUT2D eigenvalue weighted by molar-refractivity contribution is 8.01. The minimum Gasteiger partial charge on any atom is -0.229 e. The van der Waals surface area contributed by atoms with Crippen molar-refractivity contribution in [3.63, 3.8) is 0 Å². The summed E-state index contributed by atoms with van der Waals surface area (Å²) in [5, 5.41) is 0.289. The van der Waals surface area contributed by atoms with E-state index in [1.807, 2.05) is 0 Å². The van der Waals surface area contributed by atoms with Gasteiger partial charge in [0.05, 0.1) is 11.0 Å². The lowest BCUT2D eigenvalue weighted by molar-refractivity contribution is 0.589. The van der Waals surface area contributed by atoms with E-state index in [9.17, 15) is 8.42 Å². The third-order valence-corrected chi connectivity index (χ3v) is 5.11. The van der Waals surface area contributed by atoms with Crippen molar-refractivity contribution in [2.45, 2.75) is 38.2 Å². The first-order valence-corrected chi connectivity index (χ1v) is 6.96. The Labute approximate surface area is 80.0 Å². The van der Waals surface area contributed by atoms with E-state index >= 15 is 0 Å². The van der Waals surface area contributed by atoms with Crippen LogP contribution in [0.1, 0.15) is 27.7 Å². The normalized spacial score (nSPS) is 12.8. The van der Waals surface area contributed by atoms with Crippen molar-refractivity contribution < 1.29 is 8.42 Å². The Morgan fingerprint density at radius 1 is 1.17 bits per heavy atom. The van der Waals surface area contributed by atoms with Crippen molar-refractivity contribution in [2.75, 3.05) is 11.5 Å². The smallest absolute Gasteiger partial charge is 0.153 e. The van der Waals surface area contributed by atoms with E-state index in [0.717, 1.165) is 5.75 Å². The lowest BCUT2D eigenvalue weighted by Crippen LogP contribution is -2.19. The van der Waals surface area contributed by atoms with Gasteiger partial charge in [-0.15, -0.1) is 0 Å². The standard InChI is InChI=1S/C8H18O2S2/c1-7(2)11-5-6-12(9,10)8(3)4/h7-8H,5-6H2,1-4H3. The van der Waals surface area contributed by atoms with Gasteiger partial charge in [-0.3, -0.25) is 0 Å². The second-order valence-electron chi connectivity index (χ2n) is 3.34. The molecule has 0 fully saturated rings. The zero-order valence-electron chi connectivity index (χ0n) is 8.20. The second-order valence-corrected chi connectivity index (χ2v) is 7.70. The van der Waals surface area contributed by atoms with Crippen LogP contribution in [0.5, 0.6) is 0 Å². The highest BCUT2D eigenvalue weighted by atomic mass is 32.2. The molecule has 0 aromatic rings. The van der Waals surface area contributed by atoms with Gasteiger partial charge in [0, 0.05) is 5.75 Å². The molecule has 0 aliphatic rings. The van der Waals surface area contributed by atoms with E-state index in [1.54, 1.807) is 25.6 Å². The first kappa shape index (κ1) is 12.3. The van der Waals surface area contributed by atoms with Crippen LogP contribution in [0.4, 0.5) is 0 Å². The highest BCUT2D eigenvalue weighted by Crippen LogP contribution is 2.11. The van der Waals surface area contributed by atoms with Crippen LogP contribution in [0.25, 0.3) is 0 Å². The van der Waals surface area contributed by atoms with Gasteiger partial charge in [-0.05, 0) is 19.1 Å². The maximum atomic E-state index is 11.3. The lowest BCUT2D eigenvalue weighted by atomic mass is 10.6. The summed E-state index contributed by atoms with van der Waals surface area (Å²) in [6.07, 6.45) is 0. The Balaban J connectivity index is 3.79. The quantitative estimate of drug-likeness (QED) is 0.695. The van der Waals surface area contributed by atoms with Crippen LogP contribution in [0.3, 0.4) is 0 Å². The zero-order chi connectivity index (χ0) is 9.78. The van der Waals surface area contributed by atoms with Crippen LogP contribution in [-0.4, -0.2) is 30.4 Å². The number of rotatable bonds is 5. The van der Waals surface area contributed by atoms with Crippen LogP contribution < -0.4 is 0 Å². The fourth-order valence-corrected chi connectivity index (χ4v) is 2.89. The molecule has 2 nitrogen and oxygen atoms in total. The molecule has 0 unspecified atom stereocenters. The van der Waals surface area contributed by atoms with Crippen molar-refractivity contribution in [1.82, 2.24) is 0 Å². The van der Waals surface area contributed by atoms with Crippen LogP contribution in [0.2, 0.25) is 0 Å². The SMILES string of the molecule is CC(C)SCCS(=O)(=O)C(C)C. The molecule has 0 aliphatic heterocycles. The van der Waals surface area contributed by atoms with Crippen LogP contribution >= 0.6 is 11.8 Å². The molecule has 0 N–H and O–H groups in total. The predicted octanol–water partition coefficient (Wildman–Crippen LogP) is 1.95. The van der Waals surface area contributed by atoms with Gasteiger partial charge in [-0.25, -0.2) is 8.42 Å². The van der Waals surface area contributed by atoms with Gasteiger partial charge in [0.15, 0.2) is 9.84 Å². The van der Waals surface area contributed by atoms with E-state index in [4.69, 9.17) is 0 Å². The number of sulfone groups is 1. The molecule has 0 aromatic carbocycles. The van der Waals surface area contributed by atoms with Crippen molar-refractivity contribution >= 4 is 21.6 Å². The van der Waals surface area contributed by atoms with Gasteiger partial charge in [0.2, 0.25) is 0 Å². The molecule has 0 atom stereocenters. The van der Waals surface area contributed by atoms with Gasteiger partial charge in [0.25, 0.3) is 0 Å². The average molecular weight is 210 g/mol. The molecule has 0 saturated heterocycles. The second kappa shape index (κ2) is 5.12. The molecule has 0 aliphatic carbocycles. The van der Waals surface area contributed by atoms with Crippen LogP contribution in [0, 0.1) is 0 Å². The third-order valence-electron chi connectivity index (χ3n) is 1.54. The maximum Gasteiger partial charge on any atom is 0.153 e. The van der Waals surface area contributed by atoms with E-state index < -0.39 is 9.84 Å². The molecule has 0 aromatic heterocycles. The molecule has 0 heterocycles. The summed E-state index contributed by atoms with van der Waals surface area (Å²) >= 11 is 1.70. The molecule has 12 heavy (non-hydrogen) atoms. The summed E-state index contributed by atoms with van der Waals surface area (Å²) in [7, 11) is -2.81. The summed E-state index contributed by atoms with van der Waals surface area (Å²) in [5.41, 5.74) is 0. The average Bonchev–Trinajstić information content (AvgIpc) is 1.85. The topological polar surface area (TPSA) is 34.1 Å². The Bertz CT molecular complexity index is 205. The molecule has 4 heteroatoms. The van der Waals surface area contributed by atoms with Gasteiger partial charge in [-0.2, -0.15) is 11.8 Å². The molecular formula is C8H18O2S2. The number of hydrogen-bond donors (Lipinski definition) is 0. The summed E-state index contributed by atoms with van der Waals surface area (Å²) in [4.78, 5) is 0. The van der Waals surface area contributed by atoms with Crippen molar-refractivity contribution in [1.29, 1.82) is 0 Å². The largest absolute Gasteiger partial charge is 0.229 e. The van der Waals surface area contributed by atoms with Crippen molar-refractivity contribution in [3.05, 3.63) is 0 Å². The first-order chi connectivity index (χ1) is 5.36. The molecule has 74 valence electrons. The Morgan fingerprint density at radius 3 is 2.00 bits per heavy atom. The monoisotopic (exact) mass is 210 g/mol. The first-order valence-electron chi connectivity index (χ1n) is 4.19. The summed E-state index contributed by atoms with van der Waals surface area (Å²) < 4.78 is 22.6. The van der Waals surface area contributed by atoms with Gasteiger partial charge in [-0.1, -0.05) is 13.8 Å². The Morgan fingerprint density at radius 2 is 1.67 bits per heavy atom. The van der Waals surface area contributed by atoms with Gasteiger partial charge < -0.3 is 0 Å². The van der Waals surface area contributed by atoms with Gasteiger partial charge in [0.1, 0.15) is 0 Å². The molecular weight excluding hydrogens is 192 g/mol. The zero-order valence-corrected chi connectivity index (χ0v) is 9.83. The number of hydrogen-bond acceptors (Lipinski definition) is 3. The molecule has 0 saturated carbocycles. The summed E-state index contributed by atoms with van der Waals surface area (Å²) in [6.45, 7) is 7.62.